The fourth-order valence-corrected chi connectivity index (χ4v) is 1.36. The normalized spacial score (nSPS) is 16.3. The average molecular weight is 256 g/mol. The maximum absolute atomic E-state index is 11.3. The molecule has 1 saturated heterocycles. The zero-order chi connectivity index (χ0) is 13.5. The SMILES string of the molecule is O=CNC(C=O)CCC(=O)ON1C(=O)CCC1=O. The Labute approximate surface area is 102 Å². The molecule has 1 unspecified atom stereocenters. The van der Waals surface area contributed by atoms with Crippen LogP contribution in [0.15, 0.2) is 0 Å². The highest BCUT2D eigenvalue weighted by Crippen LogP contribution is 2.13. The van der Waals surface area contributed by atoms with Gasteiger partial charge in [0.05, 0.1) is 12.5 Å². The number of hydrogen-bond donors (Lipinski definition) is 1. The highest BCUT2D eigenvalue weighted by Gasteiger charge is 2.32. The Bertz CT molecular complexity index is 365. The fourth-order valence-electron chi connectivity index (χ4n) is 1.36. The predicted molar refractivity (Wildman–Crippen MR) is 55.5 cm³/mol. The van der Waals surface area contributed by atoms with Crippen molar-refractivity contribution in [3.05, 3.63) is 0 Å². The minimum atomic E-state index is -0.807. The summed E-state index contributed by atoms with van der Waals surface area (Å²) in [6.45, 7) is 0. The first-order valence-electron chi connectivity index (χ1n) is 5.30. The van der Waals surface area contributed by atoms with Crippen LogP contribution in [0.4, 0.5) is 0 Å². The predicted octanol–water partition coefficient (Wildman–Crippen LogP) is -1.31. The van der Waals surface area contributed by atoms with Gasteiger partial charge in [0.2, 0.25) is 6.41 Å². The summed E-state index contributed by atoms with van der Waals surface area (Å²) >= 11 is 0. The Hall–Kier alpha value is -2.25. The Morgan fingerprint density at radius 1 is 1.33 bits per heavy atom. The van der Waals surface area contributed by atoms with E-state index in [2.05, 4.69) is 10.2 Å². The van der Waals surface area contributed by atoms with Crippen molar-refractivity contribution in [1.82, 2.24) is 10.4 Å². The summed E-state index contributed by atoms with van der Waals surface area (Å²) in [4.78, 5) is 58.7. The lowest BCUT2D eigenvalue weighted by molar-refractivity contribution is -0.197. The molecular formula is C10H12N2O6. The molecule has 0 aromatic rings. The van der Waals surface area contributed by atoms with Gasteiger partial charge in [-0.05, 0) is 6.42 Å². The molecule has 0 aromatic carbocycles. The third-order valence-electron chi connectivity index (χ3n) is 2.30. The maximum atomic E-state index is 11.3. The summed E-state index contributed by atoms with van der Waals surface area (Å²) in [5.41, 5.74) is 0. The van der Waals surface area contributed by atoms with Crippen LogP contribution in [0, 0.1) is 0 Å². The van der Waals surface area contributed by atoms with Crippen LogP contribution >= 0.6 is 0 Å². The minimum absolute atomic E-state index is 0.0236. The van der Waals surface area contributed by atoms with Gasteiger partial charge in [-0.15, -0.1) is 5.06 Å². The van der Waals surface area contributed by atoms with Gasteiger partial charge in [-0.2, -0.15) is 0 Å². The van der Waals surface area contributed by atoms with Crippen LogP contribution in [-0.4, -0.2) is 41.6 Å². The fraction of sp³-hybridized carbons (Fsp3) is 0.500. The Morgan fingerprint density at radius 3 is 2.44 bits per heavy atom. The lowest BCUT2D eigenvalue weighted by atomic mass is 10.2. The summed E-state index contributed by atoms with van der Waals surface area (Å²) < 4.78 is 0. The summed E-state index contributed by atoms with van der Waals surface area (Å²) in [6, 6.07) is -0.792. The minimum Gasteiger partial charge on any atom is -0.349 e. The van der Waals surface area contributed by atoms with Gasteiger partial charge in [-0.25, -0.2) is 4.79 Å². The molecule has 1 atom stereocenters. The number of hydroxylamine groups is 2. The van der Waals surface area contributed by atoms with Crippen LogP contribution in [0.3, 0.4) is 0 Å². The van der Waals surface area contributed by atoms with Crippen LogP contribution in [0.1, 0.15) is 25.7 Å². The van der Waals surface area contributed by atoms with Gasteiger partial charge < -0.3 is 14.9 Å². The smallest absolute Gasteiger partial charge is 0.333 e. The molecule has 3 amide bonds. The van der Waals surface area contributed by atoms with Crippen molar-refractivity contribution in [3.63, 3.8) is 0 Å². The van der Waals surface area contributed by atoms with Crippen molar-refractivity contribution in [3.8, 4) is 0 Å². The molecule has 98 valence electrons. The number of nitrogens with one attached hydrogen (secondary N) is 1. The zero-order valence-electron chi connectivity index (χ0n) is 9.46. The van der Waals surface area contributed by atoms with Crippen LogP contribution < -0.4 is 5.32 Å². The van der Waals surface area contributed by atoms with Crippen LogP contribution in [0.2, 0.25) is 0 Å². The largest absolute Gasteiger partial charge is 0.349 e. The van der Waals surface area contributed by atoms with Crippen molar-refractivity contribution < 1.29 is 28.8 Å². The number of carbonyl (C=O) groups excluding carboxylic acids is 5. The molecule has 1 rings (SSSR count). The van der Waals surface area contributed by atoms with E-state index in [1.807, 2.05) is 0 Å². The van der Waals surface area contributed by atoms with E-state index in [1.54, 1.807) is 0 Å². The lowest BCUT2D eigenvalue weighted by Crippen LogP contribution is -2.34. The lowest BCUT2D eigenvalue weighted by Gasteiger charge is -2.13. The van der Waals surface area contributed by atoms with Gasteiger partial charge in [0.15, 0.2) is 0 Å². The van der Waals surface area contributed by atoms with Crippen LogP contribution in [0.25, 0.3) is 0 Å². The first-order chi connectivity index (χ1) is 8.58. The molecule has 1 aliphatic heterocycles. The first kappa shape index (κ1) is 13.8. The van der Waals surface area contributed by atoms with Crippen molar-refractivity contribution >= 4 is 30.5 Å². The molecule has 18 heavy (non-hydrogen) atoms. The van der Waals surface area contributed by atoms with E-state index in [9.17, 15) is 24.0 Å². The average Bonchev–Trinajstić information content (AvgIpc) is 2.66. The van der Waals surface area contributed by atoms with Gasteiger partial charge in [0, 0.05) is 12.8 Å². The summed E-state index contributed by atoms with van der Waals surface area (Å²) in [6.07, 6.45) is 0.718. The number of carbonyl (C=O) groups is 5. The molecule has 0 saturated carbocycles. The van der Waals surface area contributed by atoms with E-state index in [1.165, 1.54) is 0 Å². The molecule has 0 bridgehead atoms. The van der Waals surface area contributed by atoms with Crippen LogP contribution in [-0.2, 0) is 28.8 Å². The Balaban J connectivity index is 2.37. The van der Waals surface area contributed by atoms with Gasteiger partial charge in [-0.3, -0.25) is 14.4 Å². The number of nitrogens with zero attached hydrogens (tertiary/aromatic N) is 1. The maximum Gasteiger partial charge on any atom is 0.333 e. The standard InChI is InChI=1S/C10H12N2O6/c13-5-7(11-6-14)1-4-10(17)18-12-8(15)2-3-9(12)16/h5-7H,1-4H2,(H,11,14). The van der Waals surface area contributed by atoms with Gasteiger partial charge in [0.25, 0.3) is 11.8 Å². The Morgan fingerprint density at radius 2 is 1.94 bits per heavy atom. The number of imide groups is 1. The molecule has 0 aliphatic carbocycles. The first-order valence-corrected chi connectivity index (χ1v) is 5.30. The third-order valence-corrected chi connectivity index (χ3v) is 2.30. The van der Waals surface area contributed by atoms with E-state index in [0.29, 0.717) is 17.8 Å². The number of hydrogen-bond acceptors (Lipinski definition) is 6. The monoisotopic (exact) mass is 256 g/mol. The molecule has 8 heteroatoms. The van der Waals surface area contributed by atoms with E-state index >= 15 is 0 Å². The molecule has 1 fully saturated rings. The van der Waals surface area contributed by atoms with Crippen LogP contribution in [0.5, 0.6) is 0 Å². The quantitative estimate of drug-likeness (QED) is 0.447. The Kier molecular flexibility index (Phi) is 4.97. The summed E-state index contributed by atoms with van der Waals surface area (Å²) in [5.74, 6) is -1.93. The second-order valence-corrected chi connectivity index (χ2v) is 3.61. The molecule has 1 heterocycles. The van der Waals surface area contributed by atoms with E-state index in [-0.39, 0.29) is 25.7 Å². The van der Waals surface area contributed by atoms with Crippen molar-refractivity contribution in [1.29, 1.82) is 0 Å². The molecular weight excluding hydrogens is 244 g/mol. The van der Waals surface area contributed by atoms with E-state index < -0.39 is 23.8 Å². The molecule has 1 aliphatic rings. The third kappa shape index (κ3) is 3.65. The second kappa shape index (κ2) is 6.48. The number of amides is 3. The van der Waals surface area contributed by atoms with Crippen molar-refractivity contribution in [2.75, 3.05) is 0 Å². The van der Waals surface area contributed by atoms with E-state index in [0.717, 1.165) is 0 Å². The highest BCUT2D eigenvalue weighted by molar-refractivity contribution is 6.01. The molecule has 0 radical (unpaired) electrons. The van der Waals surface area contributed by atoms with Gasteiger partial charge >= 0.3 is 5.97 Å². The number of aldehydes is 1. The van der Waals surface area contributed by atoms with E-state index in [4.69, 9.17) is 0 Å². The summed E-state index contributed by atoms with van der Waals surface area (Å²) in [7, 11) is 0. The number of rotatable bonds is 7. The van der Waals surface area contributed by atoms with Crippen molar-refractivity contribution in [2.24, 2.45) is 0 Å². The molecule has 0 spiro atoms. The molecule has 0 aromatic heterocycles. The van der Waals surface area contributed by atoms with Gasteiger partial charge in [0.1, 0.15) is 6.29 Å². The van der Waals surface area contributed by atoms with Crippen molar-refractivity contribution in [2.45, 2.75) is 31.7 Å². The highest BCUT2D eigenvalue weighted by atomic mass is 16.7. The second-order valence-electron chi connectivity index (χ2n) is 3.61. The summed E-state index contributed by atoms with van der Waals surface area (Å²) in [5, 5.41) is 2.63. The topological polar surface area (TPSA) is 110 Å². The molecule has 1 N–H and O–H groups in total. The van der Waals surface area contributed by atoms with Gasteiger partial charge in [-0.1, -0.05) is 0 Å². The zero-order valence-corrected chi connectivity index (χ0v) is 9.46. The molecule has 8 nitrogen and oxygen atoms in total.